The Morgan fingerprint density at radius 3 is 2.54 bits per heavy atom. The van der Waals surface area contributed by atoms with Crippen molar-refractivity contribution in [3.63, 3.8) is 0 Å². The maximum Gasteiger partial charge on any atom is 0.162 e. The maximum atomic E-state index is 13.0. The van der Waals surface area contributed by atoms with Crippen LogP contribution in [0.4, 0.5) is 5.82 Å². The second kappa shape index (κ2) is 12.1. The van der Waals surface area contributed by atoms with Gasteiger partial charge in [0.2, 0.25) is 0 Å². The van der Waals surface area contributed by atoms with E-state index >= 15 is 0 Å². The molecule has 4 heterocycles. The normalized spacial score (nSPS) is 17.1. The van der Waals surface area contributed by atoms with Crippen LogP contribution in [-0.4, -0.2) is 76.1 Å². The fourth-order valence-corrected chi connectivity index (χ4v) is 5.77. The number of rotatable bonds is 9. The Labute approximate surface area is 229 Å². The number of ether oxygens (including phenoxy) is 1. The molecule has 2 aliphatic rings. The maximum absolute atomic E-state index is 13.0. The first-order valence-corrected chi connectivity index (χ1v) is 14.2. The van der Waals surface area contributed by atoms with Crippen LogP contribution in [0.5, 0.6) is 0 Å². The van der Waals surface area contributed by atoms with Gasteiger partial charge in [-0.1, -0.05) is 30.3 Å². The molecule has 0 unspecified atom stereocenters. The molecular formula is C31H36N6O2. The van der Waals surface area contributed by atoms with E-state index in [2.05, 4.69) is 31.9 Å². The number of unbranched alkanes of at least 4 members (excludes halogenated alkanes) is 1. The number of hydrogen-bond donors (Lipinski definition) is 1. The molecule has 4 aromatic rings. The molecule has 2 aliphatic heterocycles. The molecular weight excluding hydrogens is 488 g/mol. The van der Waals surface area contributed by atoms with E-state index in [1.807, 2.05) is 42.6 Å². The van der Waals surface area contributed by atoms with Gasteiger partial charge in [-0.3, -0.25) is 9.69 Å². The summed E-state index contributed by atoms with van der Waals surface area (Å²) < 4.78 is 5.55. The van der Waals surface area contributed by atoms with E-state index in [1.165, 1.54) is 0 Å². The fraction of sp³-hybridized carbons (Fsp3) is 0.419. The Hall–Kier alpha value is -3.62. The summed E-state index contributed by atoms with van der Waals surface area (Å²) in [4.78, 5) is 35.6. The van der Waals surface area contributed by atoms with Gasteiger partial charge in [0.25, 0.3) is 0 Å². The molecule has 2 aromatic carbocycles. The molecule has 39 heavy (non-hydrogen) atoms. The number of aryl methyl sites for hydroxylation is 1. The molecule has 0 radical (unpaired) electrons. The number of morpholine rings is 1. The van der Waals surface area contributed by atoms with Crippen LogP contribution in [0.3, 0.4) is 0 Å². The number of aromatic nitrogens is 4. The average molecular weight is 525 g/mol. The lowest BCUT2D eigenvalue weighted by Gasteiger charge is -2.40. The van der Waals surface area contributed by atoms with E-state index in [4.69, 9.17) is 14.7 Å². The standard InChI is InChI=1S/C31H36N6O2/c38-28(8-4-5-9-29-32-14-15-33-29)24-10-11-26-27(22-24)34-30(23-6-2-1-3-7-23)31(35-26)37-16-12-25(13-17-37)36-18-20-39-21-19-36/h1-3,6-7,10-11,14-15,22,25H,4-5,8-9,12-13,16-21H2,(H,32,33). The molecule has 8 heteroatoms. The van der Waals surface area contributed by atoms with Gasteiger partial charge in [0.05, 0.1) is 24.2 Å². The SMILES string of the molecule is O=C(CCCCc1ncc[nH]1)c1ccc2nc(N3CCC(N4CCOCC4)CC3)c(-c3ccccc3)nc2c1. The summed E-state index contributed by atoms with van der Waals surface area (Å²) in [5.41, 5.74) is 4.23. The molecule has 6 rings (SSSR count). The lowest BCUT2D eigenvalue weighted by atomic mass is 10.0. The summed E-state index contributed by atoms with van der Waals surface area (Å²) in [6.07, 6.45) is 8.95. The number of carbonyl (C=O) groups is 1. The number of H-pyrrole nitrogens is 1. The highest BCUT2D eigenvalue weighted by atomic mass is 16.5. The van der Waals surface area contributed by atoms with Gasteiger partial charge in [-0.05, 0) is 43.9 Å². The number of hydrogen-bond acceptors (Lipinski definition) is 7. The minimum atomic E-state index is 0.147. The summed E-state index contributed by atoms with van der Waals surface area (Å²) in [6.45, 7) is 5.64. The number of nitrogens with zero attached hydrogens (tertiary/aromatic N) is 5. The van der Waals surface area contributed by atoms with Gasteiger partial charge >= 0.3 is 0 Å². The van der Waals surface area contributed by atoms with Crippen LogP contribution in [0.25, 0.3) is 22.3 Å². The smallest absolute Gasteiger partial charge is 0.162 e. The van der Waals surface area contributed by atoms with Gasteiger partial charge in [-0.2, -0.15) is 0 Å². The predicted molar refractivity (Wildman–Crippen MR) is 153 cm³/mol. The lowest BCUT2D eigenvalue weighted by molar-refractivity contribution is 0.0115. The minimum Gasteiger partial charge on any atom is -0.379 e. The van der Waals surface area contributed by atoms with Crippen molar-refractivity contribution in [1.82, 2.24) is 24.8 Å². The van der Waals surface area contributed by atoms with Crippen LogP contribution in [0.15, 0.2) is 60.9 Å². The second-order valence-corrected chi connectivity index (χ2v) is 10.5. The highest BCUT2D eigenvalue weighted by molar-refractivity contribution is 5.99. The van der Waals surface area contributed by atoms with Gasteiger partial charge in [-0.25, -0.2) is 15.0 Å². The number of nitrogens with one attached hydrogen (secondary N) is 1. The topological polar surface area (TPSA) is 87.2 Å². The average Bonchev–Trinajstić information content (AvgIpc) is 3.53. The molecule has 2 saturated heterocycles. The predicted octanol–water partition coefficient (Wildman–Crippen LogP) is 4.92. The van der Waals surface area contributed by atoms with Crippen LogP contribution >= 0.6 is 0 Å². The molecule has 0 spiro atoms. The van der Waals surface area contributed by atoms with E-state index in [9.17, 15) is 4.79 Å². The van der Waals surface area contributed by atoms with Gasteiger partial charge in [-0.15, -0.1) is 0 Å². The van der Waals surface area contributed by atoms with Crippen molar-refractivity contribution in [2.24, 2.45) is 0 Å². The number of fused-ring (bicyclic) bond motifs is 1. The third-order valence-corrected chi connectivity index (χ3v) is 7.96. The molecule has 1 N–H and O–H groups in total. The number of carbonyl (C=O) groups excluding carboxylic acids is 1. The third kappa shape index (κ3) is 6.02. The molecule has 2 fully saturated rings. The zero-order chi connectivity index (χ0) is 26.4. The number of aromatic amines is 1. The Kier molecular flexibility index (Phi) is 7.93. The van der Waals surface area contributed by atoms with Crippen molar-refractivity contribution in [1.29, 1.82) is 0 Å². The quantitative estimate of drug-likeness (QED) is 0.246. The second-order valence-electron chi connectivity index (χ2n) is 10.5. The molecule has 0 bridgehead atoms. The molecule has 8 nitrogen and oxygen atoms in total. The number of benzene rings is 2. The fourth-order valence-electron chi connectivity index (χ4n) is 5.77. The summed E-state index contributed by atoms with van der Waals surface area (Å²) in [5.74, 6) is 2.05. The third-order valence-electron chi connectivity index (χ3n) is 7.96. The van der Waals surface area contributed by atoms with Gasteiger partial charge in [0.1, 0.15) is 11.5 Å². The molecule has 0 aliphatic carbocycles. The molecule has 202 valence electrons. The molecule has 0 atom stereocenters. The summed E-state index contributed by atoms with van der Waals surface area (Å²) in [7, 11) is 0. The summed E-state index contributed by atoms with van der Waals surface area (Å²) >= 11 is 0. The Morgan fingerprint density at radius 1 is 0.949 bits per heavy atom. The van der Waals surface area contributed by atoms with Gasteiger partial charge in [0, 0.05) is 68.6 Å². The highest BCUT2D eigenvalue weighted by Gasteiger charge is 2.28. The van der Waals surface area contributed by atoms with Crippen LogP contribution in [0.2, 0.25) is 0 Å². The first-order valence-electron chi connectivity index (χ1n) is 14.2. The van der Waals surface area contributed by atoms with Crippen LogP contribution in [0, 0.1) is 0 Å². The number of imidazole rings is 1. The number of Topliss-reactive ketones (excluding diaryl/α,β-unsaturated/α-hetero) is 1. The van der Waals surface area contributed by atoms with Crippen molar-refractivity contribution >= 4 is 22.6 Å². The number of piperidine rings is 1. The molecule has 2 aromatic heterocycles. The van der Waals surface area contributed by atoms with E-state index in [-0.39, 0.29) is 5.78 Å². The van der Waals surface area contributed by atoms with Gasteiger partial charge in [0.15, 0.2) is 11.6 Å². The van der Waals surface area contributed by atoms with Gasteiger partial charge < -0.3 is 14.6 Å². The Bertz CT molecular complexity index is 1380. The largest absolute Gasteiger partial charge is 0.379 e. The van der Waals surface area contributed by atoms with Crippen molar-refractivity contribution in [3.8, 4) is 11.3 Å². The van der Waals surface area contributed by atoms with Crippen LogP contribution < -0.4 is 4.90 Å². The minimum absolute atomic E-state index is 0.147. The van der Waals surface area contributed by atoms with E-state index < -0.39 is 0 Å². The monoisotopic (exact) mass is 524 g/mol. The lowest BCUT2D eigenvalue weighted by Crippen LogP contribution is -2.49. The first kappa shape index (κ1) is 25.6. The highest BCUT2D eigenvalue weighted by Crippen LogP contribution is 2.32. The van der Waals surface area contributed by atoms with Crippen molar-refractivity contribution in [2.45, 2.75) is 44.6 Å². The Morgan fingerprint density at radius 2 is 1.77 bits per heavy atom. The zero-order valence-corrected chi connectivity index (χ0v) is 22.4. The van der Waals surface area contributed by atoms with Crippen molar-refractivity contribution in [3.05, 3.63) is 72.3 Å². The number of anilines is 1. The first-order chi connectivity index (χ1) is 19.2. The summed E-state index contributed by atoms with van der Waals surface area (Å²) in [5, 5.41) is 0. The van der Waals surface area contributed by atoms with E-state index in [1.54, 1.807) is 6.20 Å². The molecule has 0 amide bonds. The van der Waals surface area contributed by atoms with Crippen LogP contribution in [0.1, 0.15) is 48.3 Å². The van der Waals surface area contributed by atoms with Crippen molar-refractivity contribution in [2.75, 3.05) is 44.3 Å². The Balaban J connectivity index is 1.20. The number of ketones is 1. The van der Waals surface area contributed by atoms with E-state index in [0.29, 0.717) is 18.0 Å². The zero-order valence-electron chi connectivity index (χ0n) is 22.4. The van der Waals surface area contributed by atoms with Crippen LogP contribution in [-0.2, 0) is 11.2 Å². The molecule has 0 saturated carbocycles. The van der Waals surface area contributed by atoms with Crippen molar-refractivity contribution < 1.29 is 9.53 Å². The summed E-state index contributed by atoms with van der Waals surface area (Å²) in [6, 6.07) is 16.7. The van der Waals surface area contributed by atoms with E-state index in [0.717, 1.165) is 105 Å².